The van der Waals surface area contributed by atoms with Gasteiger partial charge in [0.1, 0.15) is 5.49 Å². The van der Waals surface area contributed by atoms with Crippen molar-refractivity contribution in [2.24, 2.45) is 26.4 Å². The molecule has 0 fully saturated rings. The normalized spacial score (nSPS) is 15.1. The van der Waals surface area contributed by atoms with Gasteiger partial charge < -0.3 is 11.5 Å². The van der Waals surface area contributed by atoms with Crippen molar-refractivity contribution >= 4 is 17.2 Å². The molecule has 0 bridgehead atoms. The summed E-state index contributed by atoms with van der Waals surface area (Å²) in [6.07, 6.45) is 0.841. The van der Waals surface area contributed by atoms with Crippen molar-refractivity contribution in [2.45, 2.75) is 19.9 Å². The molecule has 27 heavy (non-hydrogen) atoms. The smallest absolute Gasteiger partial charge is 0.261 e. The number of aliphatic imine (C=N–C) groups is 2. The molecule has 2 aromatic rings. The summed E-state index contributed by atoms with van der Waals surface area (Å²) in [5, 5.41) is 0.921. The Morgan fingerprint density at radius 3 is 2.48 bits per heavy atom. The van der Waals surface area contributed by atoms with Crippen LogP contribution in [0.25, 0.3) is 5.57 Å². The maximum atomic E-state index is 13.1. The predicted molar refractivity (Wildman–Crippen MR) is 109 cm³/mol. The van der Waals surface area contributed by atoms with Crippen molar-refractivity contribution in [1.29, 1.82) is 0 Å². The van der Waals surface area contributed by atoms with Gasteiger partial charge in [-0.3, -0.25) is 14.4 Å². The van der Waals surface area contributed by atoms with Crippen LogP contribution in [-0.4, -0.2) is 36.4 Å². The molecule has 0 aliphatic carbocycles. The summed E-state index contributed by atoms with van der Waals surface area (Å²) in [5.41, 5.74) is 14.5. The minimum atomic E-state index is -0.0766. The highest BCUT2D eigenvalue weighted by Crippen LogP contribution is 2.08. The highest BCUT2D eigenvalue weighted by Gasteiger charge is 2.18. The Morgan fingerprint density at radius 1 is 1.15 bits per heavy atom. The lowest BCUT2D eigenvalue weighted by Crippen LogP contribution is -2.48. The third-order valence-electron chi connectivity index (χ3n) is 4.56. The number of hydrogen-bond acceptors (Lipinski definition) is 6. The molecule has 7 heteroatoms. The molecule has 1 aromatic heterocycles. The fourth-order valence-electron chi connectivity index (χ4n) is 3.08. The summed E-state index contributed by atoms with van der Waals surface area (Å²) in [6.45, 7) is 3.71. The third-order valence-corrected chi connectivity index (χ3v) is 4.56. The first-order valence-electron chi connectivity index (χ1n) is 8.91. The lowest BCUT2D eigenvalue weighted by molar-refractivity contribution is 0.706. The molecule has 0 radical (unpaired) electrons. The fraction of sp³-hybridized carbons (Fsp3) is 0.300. The number of rotatable bonds is 3. The Bertz CT molecular complexity index is 1080. The van der Waals surface area contributed by atoms with Crippen molar-refractivity contribution in [3.63, 3.8) is 0 Å². The van der Waals surface area contributed by atoms with Gasteiger partial charge in [-0.1, -0.05) is 30.3 Å². The van der Waals surface area contributed by atoms with Crippen LogP contribution >= 0.6 is 0 Å². The molecule has 2 aliphatic rings. The van der Waals surface area contributed by atoms with Gasteiger partial charge in [-0.15, -0.1) is 0 Å². The van der Waals surface area contributed by atoms with Crippen LogP contribution in [0.3, 0.4) is 0 Å². The largest absolute Gasteiger partial charge is 0.368 e. The second-order valence-corrected chi connectivity index (χ2v) is 6.32. The first-order valence-corrected chi connectivity index (χ1v) is 8.91. The van der Waals surface area contributed by atoms with Gasteiger partial charge in [-0.2, -0.15) is 4.99 Å². The van der Waals surface area contributed by atoms with Gasteiger partial charge in [0.15, 0.2) is 0 Å². The molecule has 7 nitrogen and oxygen atoms in total. The van der Waals surface area contributed by atoms with E-state index in [4.69, 9.17) is 5.73 Å². The van der Waals surface area contributed by atoms with Crippen molar-refractivity contribution in [2.75, 3.05) is 20.1 Å². The van der Waals surface area contributed by atoms with Crippen molar-refractivity contribution in [3.05, 3.63) is 68.6 Å². The van der Waals surface area contributed by atoms with E-state index in [9.17, 15) is 4.79 Å². The standard InChI is InChI=1S/C19H19N5O.CH5N/c1-12-10-22-19(20)23-17-14(12)9-15(16-7-8-21-16)18(25)24(17)11-13-5-3-2-4-6-13;1-2/h2-6,9H,7-8,10-11H2,1H3,(H2,20,22);2H2,1H3. The minimum absolute atomic E-state index is 0.0766. The number of nitrogens with zero attached hydrogens (tertiary/aromatic N) is 4. The maximum absolute atomic E-state index is 13.1. The number of pyridine rings is 1. The Morgan fingerprint density at radius 2 is 1.85 bits per heavy atom. The van der Waals surface area contributed by atoms with Crippen molar-refractivity contribution in [1.82, 2.24) is 4.57 Å². The zero-order valence-electron chi connectivity index (χ0n) is 15.6. The Kier molecular flexibility index (Phi) is 5.61. The molecule has 4 rings (SSSR count). The molecule has 2 aliphatic heterocycles. The average Bonchev–Trinajstić information content (AvgIpc) is 2.79. The van der Waals surface area contributed by atoms with Gasteiger partial charge in [0, 0.05) is 23.9 Å². The van der Waals surface area contributed by atoms with Crippen LogP contribution in [-0.2, 0) is 6.54 Å². The van der Waals surface area contributed by atoms with E-state index in [1.54, 1.807) is 4.57 Å². The lowest BCUT2D eigenvalue weighted by atomic mass is 10.0. The Labute approximate surface area is 157 Å². The van der Waals surface area contributed by atoms with E-state index in [1.165, 1.54) is 7.05 Å². The highest BCUT2D eigenvalue weighted by atomic mass is 16.1. The first-order chi connectivity index (χ1) is 13.1. The predicted octanol–water partition coefficient (Wildman–Crippen LogP) is -0.217. The Hall–Kier alpha value is -3.06. The number of fused-ring (bicyclic) bond motifs is 1. The monoisotopic (exact) mass is 364 g/mol. The van der Waals surface area contributed by atoms with Crippen LogP contribution in [0.5, 0.6) is 0 Å². The number of hydrogen-bond donors (Lipinski definition) is 2. The quantitative estimate of drug-likeness (QED) is 0.785. The molecule has 1 aromatic carbocycles. The van der Waals surface area contributed by atoms with E-state index in [2.05, 4.69) is 20.7 Å². The number of guanidine groups is 1. The van der Waals surface area contributed by atoms with Crippen LogP contribution in [0.1, 0.15) is 24.5 Å². The lowest BCUT2D eigenvalue weighted by Gasteiger charge is -2.16. The van der Waals surface area contributed by atoms with Crippen LogP contribution < -0.4 is 27.7 Å². The zero-order valence-corrected chi connectivity index (χ0v) is 15.6. The van der Waals surface area contributed by atoms with Crippen molar-refractivity contribution < 1.29 is 0 Å². The molecule has 3 heterocycles. The van der Waals surface area contributed by atoms with Crippen LogP contribution in [0.2, 0.25) is 0 Å². The zero-order chi connectivity index (χ0) is 19.4. The van der Waals surface area contributed by atoms with Crippen LogP contribution in [0, 0.1) is 0 Å². The molecule has 0 unspecified atom stereocenters. The van der Waals surface area contributed by atoms with E-state index in [-0.39, 0.29) is 11.5 Å². The maximum Gasteiger partial charge on any atom is 0.261 e. The van der Waals surface area contributed by atoms with E-state index in [0.29, 0.717) is 24.1 Å². The molecule has 0 spiro atoms. The molecule has 140 valence electrons. The van der Waals surface area contributed by atoms with E-state index < -0.39 is 0 Å². The fourth-order valence-corrected chi connectivity index (χ4v) is 3.08. The summed E-state index contributed by atoms with van der Waals surface area (Å²) in [6, 6.07) is 11.8. The van der Waals surface area contributed by atoms with Gasteiger partial charge >= 0.3 is 0 Å². The SMILES string of the molecule is CC1=c2cc(C3=NCC3)c(=O)n(Cc3ccccc3)c2=NC(N)=NC1.CN. The number of benzene rings is 1. The molecular formula is C20H24N6O. The summed E-state index contributed by atoms with van der Waals surface area (Å²) in [4.78, 5) is 26.2. The molecule has 0 saturated heterocycles. The van der Waals surface area contributed by atoms with E-state index in [0.717, 1.165) is 35.0 Å². The molecular weight excluding hydrogens is 340 g/mol. The molecule has 4 N–H and O–H groups in total. The van der Waals surface area contributed by atoms with Gasteiger partial charge in [0.25, 0.3) is 5.56 Å². The first kappa shape index (κ1) is 18.7. The summed E-state index contributed by atoms with van der Waals surface area (Å²) >= 11 is 0. The van der Waals surface area contributed by atoms with E-state index >= 15 is 0 Å². The second-order valence-electron chi connectivity index (χ2n) is 6.32. The van der Waals surface area contributed by atoms with Gasteiger partial charge in [-0.25, -0.2) is 4.99 Å². The van der Waals surface area contributed by atoms with Crippen LogP contribution in [0.15, 0.2) is 56.2 Å². The van der Waals surface area contributed by atoms with Gasteiger partial charge in [-0.05, 0) is 31.2 Å². The summed E-state index contributed by atoms with van der Waals surface area (Å²) in [5.74, 6) is 0.202. The van der Waals surface area contributed by atoms with Crippen molar-refractivity contribution in [3.8, 4) is 0 Å². The third kappa shape index (κ3) is 3.73. The minimum Gasteiger partial charge on any atom is -0.368 e. The molecule has 0 atom stereocenters. The summed E-state index contributed by atoms with van der Waals surface area (Å²) in [7, 11) is 1.50. The number of aromatic nitrogens is 1. The molecule has 0 saturated carbocycles. The Balaban J connectivity index is 0.00000102. The van der Waals surface area contributed by atoms with Crippen LogP contribution in [0.4, 0.5) is 0 Å². The number of nitrogens with two attached hydrogens (primary N) is 2. The second kappa shape index (κ2) is 8.09. The van der Waals surface area contributed by atoms with Gasteiger partial charge in [0.2, 0.25) is 5.96 Å². The van der Waals surface area contributed by atoms with Gasteiger partial charge in [0.05, 0.1) is 18.7 Å². The topological polar surface area (TPSA) is 111 Å². The highest BCUT2D eigenvalue weighted by molar-refractivity contribution is 6.03. The van der Waals surface area contributed by atoms with E-state index in [1.807, 2.05) is 43.3 Å². The summed E-state index contributed by atoms with van der Waals surface area (Å²) < 4.78 is 1.69. The molecule has 0 amide bonds. The average molecular weight is 364 g/mol.